The highest BCUT2D eigenvalue weighted by atomic mass is 16.1. The number of aromatic nitrogens is 5. The fourth-order valence-electron chi connectivity index (χ4n) is 5.31. The molecule has 0 aromatic carbocycles. The van der Waals surface area contributed by atoms with E-state index >= 15 is 0 Å². The largest absolute Gasteiger partial charge is 0.350 e. The molecule has 8 nitrogen and oxygen atoms in total. The molecular formula is C21H19N7O. The van der Waals surface area contributed by atoms with Crippen LogP contribution in [0.15, 0.2) is 41.6 Å². The molecule has 2 saturated heterocycles. The molecule has 6 heterocycles. The number of H-pyrrole nitrogens is 2. The molecule has 2 aliphatic rings. The maximum atomic E-state index is 12.9. The van der Waals surface area contributed by atoms with Crippen LogP contribution in [0, 0.1) is 11.3 Å². The van der Waals surface area contributed by atoms with E-state index in [-0.39, 0.29) is 11.7 Å². The molecule has 8 heteroatoms. The van der Waals surface area contributed by atoms with Crippen molar-refractivity contribution in [3.8, 4) is 6.07 Å². The van der Waals surface area contributed by atoms with E-state index in [4.69, 9.17) is 5.26 Å². The molecule has 0 unspecified atom stereocenters. The van der Waals surface area contributed by atoms with Crippen LogP contribution in [0.2, 0.25) is 0 Å². The van der Waals surface area contributed by atoms with Crippen LogP contribution in [0.3, 0.4) is 0 Å². The van der Waals surface area contributed by atoms with Crippen LogP contribution < -0.4 is 10.6 Å². The highest BCUT2D eigenvalue weighted by Gasteiger charge is 2.42. The van der Waals surface area contributed by atoms with Gasteiger partial charge < -0.3 is 14.9 Å². The highest BCUT2D eigenvalue weighted by Crippen LogP contribution is 2.43. The predicted molar refractivity (Wildman–Crippen MR) is 109 cm³/mol. The van der Waals surface area contributed by atoms with Crippen molar-refractivity contribution in [1.29, 1.82) is 5.26 Å². The van der Waals surface area contributed by atoms with Crippen LogP contribution in [0.1, 0.15) is 37.3 Å². The Balaban J connectivity index is 1.40. The molecule has 0 saturated carbocycles. The third-order valence-electron chi connectivity index (χ3n) is 6.47. The second kappa shape index (κ2) is 5.95. The minimum atomic E-state index is -0.0650. The van der Waals surface area contributed by atoms with Gasteiger partial charge in [0.05, 0.1) is 22.8 Å². The summed E-state index contributed by atoms with van der Waals surface area (Å²) < 4.78 is 1.95. The molecule has 0 spiro atoms. The van der Waals surface area contributed by atoms with Gasteiger partial charge in [0, 0.05) is 35.9 Å². The van der Waals surface area contributed by atoms with E-state index in [1.54, 1.807) is 12.4 Å². The van der Waals surface area contributed by atoms with Crippen LogP contribution in [0.4, 0.5) is 5.82 Å². The number of hydrogen-bond donors (Lipinski definition) is 2. The van der Waals surface area contributed by atoms with Crippen LogP contribution in [-0.2, 0) is 0 Å². The number of piperidine rings is 1. The predicted octanol–water partition coefficient (Wildman–Crippen LogP) is 2.85. The zero-order valence-corrected chi connectivity index (χ0v) is 15.7. The lowest BCUT2D eigenvalue weighted by atomic mass is 9.96. The van der Waals surface area contributed by atoms with E-state index in [9.17, 15) is 4.79 Å². The molecule has 6 rings (SSSR count). The molecule has 144 valence electrons. The number of nitriles is 1. The van der Waals surface area contributed by atoms with Gasteiger partial charge in [-0.1, -0.05) is 0 Å². The van der Waals surface area contributed by atoms with Crippen molar-refractivity contribution in [2.45, 2.75) is 43.8 Å². The first-order chi connectivity index (χ1) is 14.2. The van der Waals surface area contributed by atoms with Gasteiger partial charge in [-0.05, 0) is 43.9 Å². The van der Waals surface area contributed by atoms with Crippen LogP contribution >= 0.6 is 0 Å². The number of aromatic amines is 2. The zero-order valence-electron chi connectivity index (χ0n) is 15.7. The Morgan fingerprint density at radius 2 is 1.90 bits per heavy atom. The summed E-state index contributed by atoms with van der Waals surface area (Å²) in [5, 5.41) is 10.00. The third kappa shape index (κ3) is 2.34. The molecule has 0 aliphatic carbocycles. The fraction of sp³-hybridized carbons (Fsp3) is 0.333. The lowest BCUT2D eigenvalue weighted by molar-refractivity contribution is 0.335. The number of rotatable bonds is 2. The van der Waals surface area contributed by atoms with Gasteiger partial charge in [-0.25, -0.2) is 14.8 Å². The van der Waals surface area contributed by atoms with Crippen molar-refractivity contribution in [3.63, 3.8) is 0 Å². The maximum Gasteiger partial charge on any atom is 0.326 e. The van der Waals surface area contributed by atoms with E-state index in [1.165, 1.54) is 0 Å². The Labute approximate surface area is 165 Å². The normalized spacial score (nSPS) is 23.7. The monoisotopic (exact) mass is 385 g/mol. The molecule has 4 aromatic rings. The Bertz CT molecular complexity index is 1310. The molecule has 2 fully saturated rings. The summed E-state index contributed by atoms with van der Waals surface area (Å²) in [5.41, 5.74) is 3.03. The molecule has 3 atom stereocenters. The number of pyridine rings is 2. The first kappa shape index (κ1) is 16.4. The molecule has 2 bridgehead atoms. The second-order valence-corrected chi connectivity index (χ2v) is 7.99. The van der Waals surface area contributed by atoms with Crippen LogP contribution in [0.25, 0.3) is 22.1 Å². The zero-order chi connectivity index (χ0) is 19.5. The maximum absolute atomic E-state index is 12.9. The Kier molecular flexibility index (Phi) is 3.36. The number of imidazole rings is 1. The lowest BCUT2D eigenvalue weighted by Gasteiger charge is -2.40. The average Bonchev–Trinajstić information content (AvgIpc) is 3.41. The van der Waals surface area contributed by atoms with Crippen molar-refractivity contribution < 1.29 is 0 Å². The van der Waals surface area contributed by atoms with E-state index in [1.807, 2.05) is 29.0 Å². The summed E-state index contributed by atoms with van der Waals surface area (Å²) in [7, 11) is 0. The Morgan fingerprint density at radius 1 is 1.07 bits per heavy atom. The molecule has 2 aliphatic heterocycles. The number of hydrogen-bond acceptors (Lipinski definition) is 5. The average molecular weight is 385 g/mol. The van der Waals surface area contributed by atoms with Gasteiger partial charge in [-0.2, -0.15) is 5.26 Å². The third-order valence-corrected chi connectivity index (χ3v) is 6.47. The first-order valence-electron chi connectivity index (χ1n) is 9.93. The molecule has 29 heavy (non-hydrogen) atoms. The molecule has 4 aromatic heterocycles. The van der Waals surface area contributed by atoms with Crippen molar-refractivity contribution in [2.75, 3.05) is 4.90 Å². The van der Waals surface area contributed by atoms with Gasteiger partial charge >= 0.3 is 5.69 Å². The van der Waals surface area contributed by atoms with E-state index in [0.717, 1.165) is 53.6 Å². The molecule has 0 radical (unpaired) electrons. The molecule has 0 amide bonds. The van der Waals surface area contributed by atoms with Crippen LogP contribution in [-0.4, -0.2) is 36.6 Å². The standard InChI is InChI=1S/C21H19N7O/c22-9-12-1-4-18(24-10-12)27-13-2-3-14(27)8-15(7-13)28-19-16-5-6-23-20(16)25-11-17(19)26-21(28)29/h1,4-6,10-11,13-15H,2-3,7-8H2,(H,23,25)(H,26,29)/t13-,14+,15+. The van der Waals surface area contributed by atoms with Gasteiger partial charge in [0.1, 0.15) is 17.5 Å². The summed E-state index contributed by atoms with van der Waals surface area (Å²) in [6.45, 7) is 0. The second-order valence-electron chi connectivity index (χ2n) is 7.99. The Hall–Kier alpha value is -3.60. The van der Waals surface area contributed by atoms with E-state index in [2.05, 4.69) is 30.9 Å². The summed E-state index contributed by atoms with van der Waals surface area (Å²) in [4.78, 5) is 30.3. The van der Waals surface area contributed by atoms with Gasteiger partial charge in [-0.3, -0.25) is 4.57 Å². The number of nitrogens with zero attached hydrogens (tertiary/aromatic N) is 5. The Morgan fingerprint density at radius 3 is 2.62 bits per heavy atom. The number of nitrogens with one attached hydrogen (secondary N) is 2. The van der Waals surface area contributed by atoms with Gasteiger partial charge in [0.25, 0.3) is 0 Å². The van der Waals surface area contributed by atoms with E-state index < -0.39 is 0 Å². The first-order valence-corrected chi connectivity index (χ1v) is 9.93. The number of fused-ring (bicyclic) bond motifs is 5. The van der Waals surface area contributed by atoms with Gasteiger partial charge in [0.15, 0.2) is 0 Å². The highest BCUT2D eigenvalue weighted by molar-refractivity contribution is 6.00. The van der Waals surface area contributed by atoms with Gasteiger partial charge in [0.2, 0.25) is 0 Å². The fourth-order valence-corrected chi connectivity index (χ4v) is 5.31. The summed E-state index contributed by atoms with van der Waals surface area (Å²) in [6, 6.07) is 8.72. The smallest absolute Gasteiger partial charge is 0.326 e. The minimum absolute atomic E-state index is 0.0650. The molecular weight excluding hydrogens is 366 g/mol. The van der Waals surface area contributed by atoms with Crippen molar-refractivity contribution >= 4 is 27.9 Å². The molecule has 2 N–H and O–H groups in total. The topological polar surface area (TPSA) is 106 Å². The number of anilines is 1. The van der Waals surface area contributed by atoms with Crippen LogP contribution in [0.5, 0.6) is 0 Å². The lowest BCUT2D eigenvalue weighted by Crippen LogP contribution is -2.45. The summed E-state index contributed by atoms with van der Waals surface area (Å²) in [5.74, 6) is 0.929. The SMILES string of the molecule is N#Cc1ccc(N2[C@@H]3CC[C@H]2C[C@@H](n2c(=O)[nH]c4cnc5[nH]ccc5c42)C3)nc1. The van der Waals surface area contributed by atoms with Gasteiger partial charge in [-0.15, -0.1) is 0 Å². The van der Waals surface area contributed by atoms with Crippen molar-refractivity contribution in [1.82, 2.24) is 24.5 Å². The van der Waals surface area contributed by atoms with Crippen molar-refractivity contribution in [3.05, 3.63) is 52.8 Å². The van der Waals surface area contributed by atoms with E-state index in [0.29, 0.717) is 17.6 Å². The minimum Gasteiger partial charge on any atom is -0.350 e. The summed E-state index contributed by atoms with van der Waals surface area (Å²) >= 11 is 0. The quantitative estimate of drug-likeness (QED) is 0.552. The van der Waals surface area contributed by atoms with Crippen molar-refractivity contribution in [2.24, 2.45) is 0 Å². The summed E-state index contributed by atoms with van der Waals surface area (Å²) in [6.07, 6.45) is 9.24.